The summed E-state index contributed by atoms with van der Waals surface area (Å²) in [4.78, 5) is 6.29. The predicted octanol–water partition coefficient (Wildman–Crippen LogP) is 1.08. The lowest BCUT2D eigenvalue weighted by atomic mass is 10.1. The van der Waals surface area contributed by atoms with Crippen molar-refractivity contribution in [2.24, 2.45) is 5.73 Å². The van der Waals surface area contributed by atoms with Gasteiger partial charge in [0.1, 0.15) is 0 Å². The molecule has 21 heavy (non-hydrogen) atoms. The van der Waals surface area contributed by atoms with Gasteiger partial charge in [0.2, 0.25) is 0 Å². The maximum atomic E-state index is 12.2. The number of nitrogens with zero attached hydrogens (tertiary/aromatic N) is 1. The van der Waals surface area contributed by atoms with Crippen molar-refractivity contribution >= 4 is 15.7 Å². The standard InChI is InChI=1S/C14H16N4O2S/c1-2-12-8-11(4-3-7-15)5-6-13(12)18-21(19,20)14-9-16-10-17-14/h5-6,8-10,18H,2,7,15H2,1H3,(H,16,17). The largest absolute Gasteiger partial charge is 0.334 e. The smallest absolute Gasteiger partial charge is 0.278 e. The van der Waals surface area contributed by atoms with Crippen molar-refractivity contribution in [3.63, 3.8) is 0 Å². The van der Waals surface area contributed by atoms with Crippen molar-refractivity contribution in [2.45, 2.75) is 18.4 Å². The summed E-state index contributed by atoms with van der Waals surface area (Å²) >= 11 is 0. The Balaban J connectivity index is 2.32. The molecule has 0 saturated carbocycles. The van der Waals surface area contributed by atoms with Gasteiger partial charge in [-0.15, -0.1) is 0 Å². The number of nitrogens with two attached hydrogens (primary N) is 1. The van der Waals surface area contributed by atoms with Crippen LogP contribution in [0, 0.1) is 11.8 Å². The second-order valence-electron chi connectivity index (χ2n) is 4.25. The van der Waals surface area contributed by atoms with Crippen LogP contribution >= 0.6 is 0 Å². The second-order valence-corrected chi connectivity index (χ2v) is 5.90. The summed E-state index contributed by atoms with van der Waals surface area (Å²) in [5.41, 5.74) is 7.54. The normalized spacial score (nSPS) is 10.8. The Labute approximate surface area is 123 Å². The summed E-state index contributed by atoms with van der Waals surface area (Å²) in [6.45, 7) is 2.24. The average Bonchev–Trinajstić information content (AvgIpc) is 3.01. The molecule has 0 atom stereocenters. The third-order valence-electron chi connectivity index (χ3n) is 2.83. The molecule has 110 valence electrons. The van der Waals surface area contributed by atoms with Crippen LogP contribution in [0.3, 0.4) is 0 Å². The first-order chi connectivity index (χ1) is 10.1. The molecular formula is C14H16N4O2S. The van der Waals surface area contributed by atoms with Crippen molar-refractivity contribution in [2.75, 3.05) is 11.3 Å². The number of aryl methyl sites for hydroxylation is 1. The van der Waals surface area contributed by atoms with Gasteiger partial charge in [0.15, 0.2) is 5.03 Å². The first-order valence-electron chi connectivity index (χ1n) is 6.40. The highest BCUT2D eigenvalue weighted by Crippen LogP contribution is 2.21. The minimum absolute atomic E-state index is 0.0246. The first-order valence-corrected chi connectivity index (χ1v) is 7.88. The highest BCUT2D eigenvalue weighted by atomic mass is 32.2. The van der Waals surface area contributed by atoms with E-state index >= 15 is 0 Å². The number of hydrogen-bond acceptors (Lipinski definition) is 4. The molecule has 0 fully saturated rings. The average molecular weight is 304 g/mol. The second kappa shape index (κ2) is 6.43. The molecule has 0 aliphatic heterocycles. The van der Waals surface area contributed by atoms with E-state index in [0.29, 0.717) is 12.1 Å². The van der Waals surface area contributed by atoms with E-state index in [1.807, 2.05) is 13.0 Å². The van der Waals surface area contributed by atoms with E-state index in [1.165, 1.54) is 12.5 Å². The van der Waals surface area contributed by atoms with Gasteiger partial charge in [-0.2, -0.15) is 8.42 Å². The van der Waals surface area contributed by atoms with Gasteiger partial charge in [-0.3, -0.25) is 4.72 Å². The zero-order valence-electron chi connectivity index (χ0n) is 11.6. The molecule has 1 aromatic carbocycles. The van der Waals surface area contributed by atoms with Gasteiger partial charge in [0, 0.05) is 5.56 Å². The lowest BCUT2D eigenvalue weighted by Crippen LogP contribution is -2.14. The summed E-state index contributed by atoms with van der Waals surface area (Å²) < 4.78 is 26.9. The molecule has 7 heteroatoms. The molecule has 0 radical (unpaired) electrons. The van der Waals surface area contributed by atoms with Crippen LogP contribution in [0.1, 0.15) is 18.1 Å². The number of aromatic amines is 1. The number of sulfonamides is 1. The van der Waals surface area contributed by atoms with E-state index in [0.717, 1.165) is 11.1 Å². The molecule has 2 aromatic rings. The fourth-order valence-corrected chi connectivity index (χ4v) is 2.81. The Morgan fingerprint density at radius 3 is 2.86 bits per heavy atom. The SMILES string of the molecule is CCc1cc(C#CCN)ccc1NS(=O)(=O)c1cnc[nH]1. The number of H-pyrrole nitrogens is 1. The summed E-state index contributed by atoms with van der Waals surface area (Å²) in [7, 11) is -3.66. The first kappa shape index (κ1) is 15.1. The number of imidazole rings is 1. The van der Waals surface area contributed by atoms with Crippen molar-refractivity contribution in [3.05, 3.63) is 41.9 Å². The summed E-state index contributed by atoms with van der Waals surface area (Å²) in [6.07, 6.45) is 3.26. The molecule has 0 saturated heterocycles. The minimum Gasteiger partial charge on any atom is -0.334 e. The number of aromatic nitrogens is 2. The maximum absolute atomic E-state index is 12.2. The number of benzene rings is 1. The fraction of sp³-hybridized carbons (Fsp3) is 0.214. The summed E-state index contributed by atoms with van der Waals surface area (Å²) in [5.74, 6) is 5.70. The molecule has 0 unspecified atom stereocenters. The molecule has 0 aliphatic rings. The summed E-state index contributed by atoms with van der Waals surface area (Å²) in [5, 5.41) is 0.0246. The van der Waals surface area contributed by atoms with Gasteiger partial charge in [-0.25, -0.2) is 4.98 Å². The highest BCUT2D eigenvalue weighted by molar-refractivity contribution is 7.92. The van der Waals surface area contributed by atoms with E-state index in [4.69, 9.17) is 5.73 Å². The fourth-order valence-electron chi connectivity index (χ4n) is 1.81. The molecule has 6 nitrogen and oxygen atoms in total. The molecule has 1 heterocycles. The Morgan fingerprint density at radius 2 is 2.24 bits per heavy atom. The Hall–Kier alpha value is -2.30. The van der Waals surface area contributed by atoms with Crippen molar-refractivity contribution in [3.8, 4) is 11.8 Å². The monoisotopic (exact) mass is 304 g/mol. The van der Waals surface area contributed by atoms with Crippen molar-refractivity contribution in [1.29, 1.82) is 0 Å². The summed E-state index contributed by atoms with van der Waals surface area (Å²) in [6, 6.07) is 5.31. The predicted molar refractivity (Wildman–Crippen MR) is 81.1 cm³/mol. The van der Waals surface area contributed by atoms with E-state index in [1.54, 1.807) is 12.1 Å². The van der Waals surface area contributed by atoms with Crippen LogP contribution in [0.2, 0.25) is 0 Å². The highest BCUT2D eigenvalue weighted by Gasteiger charge is 2.17. The molecule has 0 aliphatic carbocycles. The quantitative estimate of drug-likeness (QED) is 0.736. The van der Waals surface area contributed by atoms with Crippen LogP contribution in [0.15, 0.2) is 35.7 Å². The maximum Gasteiger partial charge on any atom is 0.278 e. The van der Waals surface area contributed by atoms with Gasteiger partial charge in [-0.05, 0) is 30.2 Å². The molecule has 4 N–H and O–H groups in total. The Morgan fingerprint density at radius 1 is 1.43 bits per heavy atom. The molecule has 0 spiro atoms. The van der Waals surface area contributed by atoms with Gasteiger partial charge >= 0.3 is 0 Å². The van der Waals surface area contributed by atoms with Crippen molar-refractivity contribution < 1.29 is 8.42 Å². The van der Waals surface area contributed by atoms with Gasteiger partial charge in [0.05, 0.1) is 24.8 Å². The number of rotatable bonds is 4. The van der Waals surface area contributed by atoms with Crippen LogP contribution in [0.5, 0.6) is 0 Å². The van der Waals surface area contributed by atoms with E-state index < -0.39 is 10.0 Å². The van der Waals surface area contributed by atoms with Crippen LogP contribution in [0.4, 0.5) is 5.69 Å². The van der Waals surface area contributed by atoms with E-state index in [9.17, 15) is 8.42 Å². The number of nitrogens with one attached hydrogen (secondary N) is 2. The Bertz CT molecular complexity index is 771. The third-order valence-corrected chi connectivity index (χ3v) is 4.12. The minimum atomic E-state index is -3.66. The zero-order chi connectivity index (χ0) is 15.3. The van der Waals surface area contributed by atoms with Crippen LogP contribution < -0.4 is 10.5 Å². The number of hydrogen-bond donors (Lipinski definition) is 3. The Kier molecular flexibility index (Phi) is 4.62. The van der Waals surface area contributed by atoms with Gasteiger partial charge in [0.25, 0.3) is 10.0 Å². The van der Waals surface area contributed by atoms with Crippen molar-refractivity contribution in [1.82, 2.24) is 9.97 Å². The molecular weight excluding hydrogens is 288 g/mol. The molecule has 0 amide bonds. The lowest BCUT2D eigenvalue weighted by molar-refractivity contribution is 0.598. The van der Waals surface area contributed by atoms with Crippen LogP contribution in [-0.2, 0) is 16.4 Å². The van der Waals surface area contributed by atoms with E-state index in [-0.39, 0.29) is 11.6 Å². The van der Waals surface area contributed by atoms with Gasteiger partial charge < -0.3 is 10.7 Å². The van der Waals surface area contributed by atoms with Crippen LogP contribution in [-0.4, -0.2) is 24.9 Å². The van der Waals surface area contributed by atoms with Crippen LogP contribution in [0.25, 0.3) is 0 Å². The topological polar surface area (TPSA) is 101 Å². The third kappa shape index (κ3) is 3.62. The van der Waals surface area contributed by atoms with E-state index in [2.05, 4.69) is 26.5 Å². The molecule has 2 rings (SSSR count). The molecule has 1 aromatic heterocycles. The zero-order valence-corrected chi connectivity index (χ0v) is 12.4. The molecule has 0 bridgehead atoms. The lowest BCUT2D eigenvalue weighted by Gasteiger charge is -2.11. The number of anilines is 1. The van der Waals surface area contributed by atoms with Gasteiger partial charge in [-0.1, -0.05) is 18.8 Å².